The van der Waals surface area contributed by atoms with Crippen LogP contribution in [0.4, 0.5) is 0 Å². The third-order valence-corrected chi connectivity index (χ3v) is 3.20. The van der Waals surface area contributed by atoms with Crippen molar-refractivity contribution in [3.05, 3.63) is 45.4 Å². The average molecular weight is 281 g/mol. The molecule has 0 aliphatic carbocycles. The quantitative estimate of drug-likeness (QED) is 0.845. The highest BCUT2D eigenvalue weighted by Gasteiger charge is 2.16. The molecule has 2 heterocycles. The summed E-state index contributed by atoms with van der Waals surface area (Å²) in [7, 11) is 1.76. The summed E-state index contributed by atoms with van der Waals surface area (Å²) >= 11 is 5.92. The van der Waals surface area contributed by atoms with E-state index in [4.69, 9.17) is 11.6 Å². The molecule has 2 aromatic rings. The van der Waals surface area contributed by atoms with Gasteiger partial charge in [0.15, 0.2) is 0 Å². The maximum atomic E-state index is 12.0. The Hall–Kier alpha value is -1.62. The molecule has 0 aliphatic heterocycles. The van der Waals surface area contributed by atoms with Crippen LogP contribution in [0.1, 0.15) is 32.2 Å². The highest BCUT2D eigenvalue weighted by molar-refractivity contribution is 6.29. The van der Waals surface area contributed by atoms with E-state index >= 15 is 0 Å². The number of aryl methyl sites for hydroxylation is 1. The molecule has 2 aromatic heterocycles. The molecule has 0 amide bonds. The molecular formula is C13H17ClN4O. The average Bonchev–Trinajstić information content (AvgIpc) is 2.59. The number of hydrogen-bond acceptors (Lipinski definition) is 3. The highest BCUT2D eigenvalue weighted by Crippen LogP contribution is 2.18. The Morgan fingerprint density at radius 1 is 1.37 bits per heavy atom. The van der Waals surface area contributed by atoms with Gasteiger partial charge in [-0.05, 0) is 6.07 Å². The SMILES string of the molecule is Cn1nc(Cn2ccc(C(C)(C)C)nc2=O)cc1Cl. The molecule has 0 spiro atoms. The zero-order chi connectivity index (χ0) is 14.2. The maximum Gasteiger partial charge on any atom is 0.348 e. The number of hydrogen-bond donors (Lipinski definition) is 0. The summed E-state index contributed by atoms with van der Waals surface area (Å²) in [6.45, 7) is 6.45. The first kappa shape index (κ1) is 13.8. The normalized spacial score (nSPS) is 11.8. The van der Waals surface area contributed by atoms with Crippen molar-refractivity contribution in [1.29, 1.82) is 0 Å². The first-order valence-electron chi connectivity index (χ1n) is 6.04. The lowest BCUT2D eigenvalue weighted by Crippen LogP contribution is -2.27. The smallest absolute Gasteiger partial charge is 0.293 e. The van der Waals surface area contributed by atoms with E-state index in [2.05, 4.69) is 10.1 Å². The van der Waals surface area contributed by atoms with Gasteiger partial charge in [-0.3, -0.25) is 9.25 Å². The van der Waals surface area contributed by atoms with E-state index in [1.54, 1.807) is 24.0 Å². The van der Waals surface area contributed by atoms with Crippen LogP contribution in [0.25, 0.3) is 0 Å². The monoisotopic (exact) mass is 280 g/mol. The molecular weight excluding hydrogens is 264 g/mol. The summed E-state index contributed by atoms with van der Waals surface area (Å²) in [4.78, 5) is 16.1. The molecule has 6 heteroatoms. The minimum Gasteiger partial charge on any atom is -0.293 e. The fraction of sp³-hybridized carbons (Fsp3) is 0.462. The van der Waals surface area contributed by atoms with Crippen LogP contribution in [-0.4, -0.2) is 19.3 Å². The van der Waals surface area contributed by atoms with Gasteiger partial charge in [0.2, 0.25) is 0 Å². The Balaban J connectivity index is 2.30. The third kappa shape index (κ3) is 3.04. The van der Waals surface area contributed by atoms with Gasteiger partial charge >= 0.3 is 5.69 Å². The van der Waals surface area contributed by atoms with Crippen LogP contribution in [-0.2, 0) is 19.0 Å². The predicted molar refractivity (Wildman–Crippen MR) is 74.5 cm³/mol. The van der Waals surface area contributed by atoms with Gasteiger partial charge in [-0.15, -0.1) is 0 Å². The summed E-state index contributed by atoms with van der Waals surface area (Å²) < 4.78 is 3.09. The van der Waals surface area contributed by atoms with Crippen molar-refractivity contribution in [2.75, 3.05) is 0 Å². The molecule has 0 aliphatic rings. The Morgan fingerprint density at radius 2 is 2.05 bits per heavy atom. The molecule has 0 bridgehead atoms. The minimum absolute atomic E-state index is 0.132. The van der Waals surface area contributed by atoms with Crippen molar-refractivity contribution < 1.29 is 0 Å². The van der Waals surface area contributed by atoms with E-state index < -0.39 is 0 Å². The van der Waals surface area contributed by atoms with Crippen LogP contribution in [0.3, 0.4) is 0 Å². The number of nitrogens with zero attached hydrogens (tertiary/aromatic N) is 4. The summed E-state index contributed by atoms with van der Waals surface area (Å²) in [6.07, 6.45) is 1.75. The van der Waals surface area contributed by atoms with Crippen LogP contribution in [0.2, 0.25) is 5.15 Å². The molecule has 5 nitrogen and oxygen atoms in total. The summed E-state index contributed by atoms with van der Waals surface area (Å²) in [5.74, 6) is 0. The summed E-state index contributed by atoms with van der Waals surface area (Å²) in [5.41, 5.74) is 1.12. The molecule has 0 N–H and O–H groups in total. The topological polar surface area (TPSA) is 52.7 Å². The van der Waals surface area contributed by atoms with E-state index in [-0.39, 0.29) is 11.1 Å². The van der Waals surface area contributed by atoms with Gasteiger partial charge in [-0.1, -0.05) is 32.4 Å². The van der Waals surface area contributed by atoms with E-state index in [0.717, 1.165) is 11.4 Å². The van der Waals surface area contributed by atoms with Crippen LogP contribution in [0.15, 0.2) is 23.1 Å². The second kappa shape index (κ2) is 4.81. The Bertz CT molecular complexity index is 632. The van der Waals surface area contributed by atoms with Crippen molar-refractivity contribution in [2.24, 2.45) is 7.05 Å². The lowest BCUT2D eigenvalue weighted by molar-refractivity contribution is 0.553. The fourth-order valence-corrected chi connectivity index (χ4v) is 1.88. The van der Waals surface area contributed by atoms with E-state index in [9.17, 15) is 4.79 Å². The van der Waals surface area contributed by atoms with Crippen molar-refractivity contribution >= 4 is 11.6 Å². The third-order valence-electron chi connectivity index (χ3n) is 2.85. The van der Waals surface area contributed by atoms with E-state index in [1.807, 2.05) is 26.8 Å². The Kier molecular flexibility index (Phi) is 3.49. The fourth-order valence-electron chi connectivity index (χ4n) is 1.72. The van der Waals surface area contributed by atoms with Gasteiger partial charge < -0.3 is 0 Å². The van der Waals surface area contributed by atoms with Gasteiger partial charge in [-0.2, -0.15) is 10.1 Å². The van der Waals surface area contributed by atoms with E-state index in [1.165, 1.54) is 4.57 Å². The zero-order valence-electron chi connectivity index (χ0n) is 11.5. The standard InChI is InChI=1S/C13H17ClN4O/c1-13(2,3)10-5-6-18(12(19)15-10)8-9-7-11(14)17(4)16-9/h5-7H,8H2,1-4H3. The molecule has 0 unspecified atom stereocenters. The molecule has 0 saturated heterocycles. The van der Waals surface area contributed by atoms with Gasteiger partial charge in [-0.25, -0.2) is 4.79 Å². The second-order valence-corrected chi connectivity index (χ2v) is 5.94. The van der Waals surface area contributed by atoms with Gasteiger partial charge in [0.1, 0.15) is 5.15 Å². The van der Waals surface area contributed by atoms with Crippen molar-refractivity contribution in [3.8, 4) is 0 Å². The first-order chi connectivity index (χ1) is 8.77. The first-order valence-corrected chi connectivity index (χ1v) is 6.41. The molecule has 0 aromatic carbocycles. The van der Waals surface area contributed by atoms with Crippen molar-refractivity contribution in [2.45, 2.75) is 32.7 Å². The van der Waals surface area contributed by atoms with Crippen molar-refractivity contribution in [3.63, 3.8) is 0 Å². The summed E-state index contributed by atoms with van der Waals surface area (Å²) in [6, 6.07) is 3.61. The predicted octanol–water partition coefficient (Wildman–Crippen LogP) is 1.98. The molecule has 0 saturated carbocycles. The molecule has 102 valence electrons. The molecule has 19 heavy (non-hydrogen) atoms. The number of halogens is 1. The van der Waals surface area contributed by atoms with E-state index in [0.29, 0.717) is 11.7 Å². The Labute approximate surface area is 116 Å². The van der Waals surface area contributed by atoms with Gasteiger partial charge in [0.05, 0.1) is 17.9 Å². The molecule has 0 fully saturated rings. The van der Waals surface area contributed by atoms with Gasteiger partial charge in [0, 0.05) is 24.7 Å². The molecule has 0 atom stereocenters. The molecule has 2 rings (SSSR count). The van der Waals surface area contributed by atoms with Gasteiger partial charge in [0.25, 0.3) is 0 Å². The minimum atomic E-state index is -0.269. The zero-order valence-corrected chi connectivity index (χ0v) is 12.3. The number of rotatable bonds is 2. The summed E-state index contributed by atoms with van der Waals surface area (Å²) in [5, 5.41) is 4.76. The number of aromatic nitrogens is 4. The Morgan fingerprint density at radius 3 is 2.53 bits per heavy atom. The second-order valence-electron chi connectivity index (χ2n) is 5.56. The largest absolute Gasteiger partial charge is 0.348 e. The van der Waals surface area contributed by atoms with Crippen LogP contribution in [0.5, 0.6) is 0 Å². The van der Waals surface area contributed by atoms with Crippen LogP contribution >= 0.6 is 11.6 Å². The highest BCUT2D eigenvalue weighted by atomic mass is 35.5. The van der Waals surface area contributed by atoms with Crippen LogP contribution < -0.4 is 5.69 Å². The van der Waals surface area contributed by atoms with Crippen molar-refractivity contribution in [1.82, 2.24) is 19.3 Å². The molecule has 0 radical (unpaired) electrons. The lowest BCUT2D eigenvalue weighted by atomic mass is 9.92. The van der Waals surface area contributed by atoms with Crippen LogP contribution in [0, 0.1) is 0 Å². The maximum absolute atomic E-state index is 12.0. The lowest BCUT2D eigenvalue weighted by Gasteiger charge is -2.17.